The van der Waals surface area contributed by atoms with Gasteiger partial charge < -0.3 is 10.4 Å². The first-order chi connectivity index (χ1) is 4.56. The SMILES string of the molecule is CC12CC(C(=O)O)(CN1)C2. The zero-order valence-corrected chi connectivity index (χ0v) is 5.98. The number of carbonyl (C=O) groups is 1. The minimum atomic E-state index is -0.630. The molecule has 2 bridgehead atoms. The van der Waals surface area contributed by atoms with Crippen LogP contribution in [0.25, 0.3) is 0 Å². The normalized spacial score (nSPS) is 50.5. The number of hydrogen-bond donors (Lipinski definition) is 2. The van der Waals surface area contributed by atoms with Gasteiger partial charge in [0.1, 0.15) is 0 Å². The van der Waals surface area contributed by atoms with E-state index < -0.39 is 11.4 Å². The Labute approximate surface area is 59.4 Å². The first kappa shape index (κ1) is 6.16. The van der Waals surface area contributed by atoms with Gasteiger partial charge >= 0.3 is 5.97 Å². The minimum Gasteiger partial charge on any atom is -0.481 e. The van der Waals surface area contributed by atoms with Gasteiger partial charge in [0.05, 0.1) is 5.41 Å². The van der Waals surface area contributed by atoms with Crippen molar-refractivity contribution < 1.29 is 9.90 Å². The second kappa shape index (κ2) is 1.37. The third kappa shape index (κ3) is 0.515. The molecular weight excluding hydrogens is 130 g/mol. The van der Waals surface area contributed by atoms with Gasteiger partial charge in [0, 0.05) is 12.1 Å². The van der Waals surface area contributed by atoms with E-state index in [1.165, 1.54) is 0 Å². The number of carboxylic acid groups (broad SMARTS) is 1. The fourth-order valence-corrected chi connectivity index (χ4v) is 2.30. The van der Waals surface area contributed by atoms with Crippen LogP contribution in [-0.2, 0) is 4.79 Å². The van der Waals surface area contributed by atoms with Crippen LogP contribution >= 0.6 is 0 Å². The van der Waals surface area contributed by atoms with Crippen LogP contribution in [0.5, 0.6) is 0 Å². The Bertz CT molecular complexity index is 194. The number of hydrogen-bond acceptors (Lipinski definition) is 2. The third-order valence-corrected chi connectivity index (χ3v) is 2.76. The molecule has 2 N–H and O–H groups in total. The molecule has 2 aliphatic heterocycles. The van der Waals surface area contributed by atoms with Gasteiger partial charge in [-0.3, -0.25) is 4.79 Å². The smallest absolute Gasteiger partial charge is 0.311 e. The molecule has 0 spiro atoms. The maximum atomic E-state index is 10.7. The molecule has 0 aromatic heterocycles. The first-order valence-electron chi connectivity index (χ1n) is 3.55. The zero-order chi connectivity index (χ0) is 7.41. The van der Waals surface area contributed by atoms with Gasteiger partial charge in [-0.05, 0) is 19.8 Å². The van der Waals surface area contributed by atoms with Crippen LogP contribution in [0.3, 0.4) is 0 Å². The van der Waals surface area contributed by atoms with Crippen molar-refractivity contribution in [2.24, 2.45) is 5.41 Å². The zero-order valence-electron chi connectivity index (χ0n) is 5.98. The van der Waals surface area contributed by atoms with Crippen molar-refractivity contribution in [1.29, 1.82) is 0 Å². The second-order valence-corrected chi connectivity index (χ2v) is 3.85. The van der Waals surface area contributed by atoms with Crippen molar-refractivity contribution in [2.45, 2.75) is 25.3 Å². The van der Waals surface area contributed by atoms with E-state index in [4.69, 9.17) is 5.11 Å². The van der Waals surface area contributed by atoms with Gasteiger partial charge in [-0.2, -0.15) is 0 Å². The largest absolute Gasteiger partial charge is 0.481 e. The molecule has 2 heterocycles. The van der Waals surface area contributed by atoms with Gasteiger partial charge in [-0.15, -0.1) is 0 Å². The third-order valence-electron chi connectivity index (χ3n) is 2.76. The lowest BCUT2D eigenvalue weighted by atomic mass is 9.63. The standard InChI is InChI=1S/C7H11NO2/c1-6-2-7(3-6,4-8-6)5(9)10/h8H,2-4H2,1H3,(H,9,10). The fourth-order valence-electron chi connectivity index (χ4n) is 2.30. The Kier molecular flexibility index (Phi) is 0.844. The Morgan fingerprint density at radius 3 is 2.40 bits per heavy atom. The average molecular weight is 141 g/mol. The molecule has 3 nitrogen and oxygen atoms in total. The lowest BCUT2D eigenvalue weighted by molar-refractivity contribution is -0.152. The van der Waals surface area contributed by atoms with Crippen LogP contribution in [0, 0.1) is 5.41 Å². The predicted octanol–water partition coefficient (Wildman–Crippen LogP) is 0.213. The van der Waals surface area contributed by atoms with E-state index in [-0.39, 0.29) is 5.54 Å². The molecule has 3 aliphatic rings. The topological polar surface area (TPSA) is 49.3 Å². The van der Waals surface area contributed by atoms with Gasteiger partial charge in [0.2, 0.25) is 0 Å². The minimum absolute atomic E-state index is 0.151. The van der Waals surface area contributed by atoms with Crippen LogP contribution in [0.15, 0.2) is 0 Å². The molecule has 0 aromatic carbocycles. The first-order valence-corrected chi connectivity index (χ1v) is 3.55. The van der Waals surface area contributed by atoms with Gasteiger partial charge in [-0.1, -0.05) is 0 Å². The quantitative estimate of drug-likeness (QED) is 0.549. The maximum absolute atomic E-state index is 10.7. The summed E-state index contributed by atoms with van der Waals surface area (Å²) in [6.45, 7) is 2.75. The molecule has 3 fully saturated rings. The number of aliphatic carboxylic acids is 1. The summed E-state index contributed by atoms with van der Waals surface area (Å²) in [6, 6.07) is 0. The van der Waals surface area contributed by atoms with Gasteiger partial charge in [-0.25, -0.2) is 0 Å². The van der Waals surface area contributed by atoms with Crippen molar-refractivity contribution in [1.82, 2.24) is 5.32 Å². The summed E-state index contributed by atoms with van der Waals surface area (Å²) in [5, 5.41) is 12.0. The number of fused-ring (bicyclic) bond motifs is 1. The molecule has 0 aromatic rings. The molecule has 10 heavy (non-hydrogen) atoms. The molecule has 2 saturated heterocycles. The number of carboxylic acids is 1. The van der Waals surface area contributed by atoms with Crippen molar-refractivity contribution in [2.75, 3.05) is 6.54 Å². The molecular formula is C7H11NO2. The Morgan fingerprint density at radius 1 is 1.60 bits per heavy atom. The van der Waals surface area contributed by atoms with E-state index in [1.54, 1.807) is 0 Å². The molecule has 56 valence electrons. The Balaban J connectivity index is 2.20. The van der Waals surface area contributed by atoms with E-state index in [2.05, 4.69) is 12.2 Å². The lowest BCUT2D eigenvalue weighted by Crippen LogP contribution is -2.48. The van der Waals surface area contributed by atoms with Gasteiger partial charge in [0.25, 0.3) is 0 Å². The summed E-state index contributed by atoms with van der Waals surface area (Å²) in [5.74, 6) is -0.630. The number of rotatable bonds is 1. The van der Waals surface area contributed by atoms with Crippen LogP contribution in [-0.4, -0.2) is 23.2 Å². The van der Waals surface area contributed by atoms with Crippen molar-refractivity contribution in [3.8, 4) is 0 Å². The van der Waals surface area contributed by atoms with Crippen molar-refractivity contribution in [3.63, 3.8) is 0 Å². The molecule has 0 atom stereocenters. The highest BCUT2D eigenvalue weighted by Crippen LogP contribution is 2.53. The van der Waals surface area contributed by atoms with Crippen molar-refractivity contribution >= 4 is 5.97 Å². The highest BCUT2D eigenvalue weighted by Gasteiger charge is 2.62. The van der Waals surface area contributed by atoms with E-state index in [9.17, 15) is 4.79 Å². The van der Waals surface area contributed by atoms with Gasteiger partial charge in [0.15, 0.2) is 0 Å². The van der Waals surface area contributed by atoms with E-state index in [0.717, 1.165) is 12.8 Å². The van der Waals surface area contributed by atoms with Crippen LogP contribution in [0.2, 0.25) is 0 Å². The lowest BCUT2D eigenvalue weighted by Gasteiger charge is -2.40. The highest BCUT2D eigenvalue weighted by molar-refractivity contribution is 5.78. The molecule has 0 amide bonds. The Hall–Kier alpha value is -0.570. The summed E-state index contributed by atoms with van der Waals surface area (Å²) < 4.78 is 0. The summed E-state index contributed by atoms with van der Waals surface area (Å²) >= 11 is 0. The molecule has 0 radical (unpaired) electrons. The Morgan fingerprint density at radius 2 is 2.20 bits per heavy atom. The summed E-state index contributed by atoms with van der Waals surface area (Å²) in [4.78, 5) is 10.7. The maximum Gasteiger partial charge on any atom is 0.311 e. The summed E-state index contributed by atoms with van der Waals surface area (Å²) in [6.07, 6.45) is 1.63. The summed E-state index contributed by atoms with van der Waals surface area (Å²) in [7, 11) is 0. The molecule has 1 saturated carbocycles. The molecule has 3 heteroatoms. The van der Waals surface area contributed by atoms with E-state index in [1.807, 2.05) is 0 Å². The van der Waals surface area contributed by atoms with Crippen molar-refractivity contribution in [3.05, 3.63) is 0 Å². The van der Waals surface area contributed by atoms with E-state index >= 15 is 0 Å². The second-order valence-electron chi connectivity index (χ2n) is 3.85. The van der Waals surface area contributed by atoms with Crippen LogP contribution in [0.4, 0.5) is 0 Å². The van der Waals surface area contributed by atoms with Crippen LogP contribution in [0.1, 0.15) is 19.8 Å². The predicted molar refractivity (Wildman–Crippen MR) is 35.7 cm³/mol. The van der Waals surface area contributed by atoms with E-state index in [0.29, 0.717) is 6.54 Å². The highest BCUT2D eigenvalue weighted by atomic mass is 16.4. The number of nitrogens with one attached hydrogen (secondary N) is 1. The summed E-state index contributed by atoms with van der Waals surface area (Å²) in [5.41, 5.74) is -0.243. The molecule has 3 rings (SSSR count). The molecule has 1 aliphatic carbocycles. The average Bonchev–Trinajstić information content (AvgIpc) is 2.19. The fraction of sp³-hybridized carbons (Fsp3) is 0.857. The molecule has 0 unspecified atom stereocenters. The van der Waals surface area contributed by atoms with Crippen LogP contribution < -0.4 is 5.32 Å². The monoisotopic (exact) mass is 141 g/mol.